The van der Waals surface area contributed by atoms with Crippen molar-refractivity contribution in [1.29, 1.82) is 0 Å². The fourth-order valence-electron chi connectivity index (χ4n) is 4.01. The molecule has 2 saturated carbocycles. The molecule has 0 amide bonds. The van der Waals surface area contributed by atoms with Crippen LogP contribution in [0.15, 0.2) is 12.1 Å². The SMILES string of the molecule is Fc1c(OCCC2CCCC2)ccc(OCCC2CCCC2)c1F. The smallest absolute Gasteiger partial charge is 0.204 e. The Labute approximate surface area is 143 Å². The normalized spacial score (nSPS) is 19.1. The zero-order valence-corrected chi connectivity index (χ0v) is 14.4. The van der Waals surface area contributed by atoms with Crippen molar-refractivity contribution in [3.05, 3.63) is 23.8 Å². The third-order valence-electron chi connectivity index (χ3n) is 5.53. The van der Waals surface area contributed by atoms with Crippen molar-refractivity contribution in [3.63, 3.8) is 0 Å². The molecule has 0 saturated heterocycles. The van der Waals surface area contributed by atoms with Gasteiger partial charge in [0.05, 0.1) is 13.2 Å². The minimum absolute atomic E-state index is 0.00589. The van der Waals surface area contributed by atoms with Crippen molar-refractivity contribution in [2.24, 2.45) is 11.8 Å². The lowest BCUT2D eigenvalue weighted by atomic mass is 10.1. The van der Waals surface area contributed by atoms with Crippen molar-refractivity contribution >= 4 is 0 Å². The summed E-state index contributed by atoms with van der Waals surface area (Å²) in [6.45, 7) is 0.895. The number of rotatable bonds is 8. The molecule has 0 aromatic heterocycles. The van der Waals surface area contributed by atoms with E-state index in [1.807, 2.05) is 0 Å². The number of benzene rings is 1. The van der Waals surface area contributed by atoms with Gasteiger partial charge in [0.2, 0.25) is 11.6 Å². The van der Waals surface area contributed by atoms with E-state index in [0.717, 1.165) is 12.8 Å². The van der Waals surface area contributed by atoms with Crippen molar-refractivity contribution in [2.45, 2.75) is 64.2 Å². The van der Waals surface area contributed by atoms with Gasteiger partial charge in [-0.2, -0.15) is 8.78 Å². The zero-order valence-electron chi connectivity index (χ0n) is 14.4. The molecule has 2 aliphatic rings. The molecule has 0 spiro atoms. The van der Waals surface area contributed by atoms with E-state index in [0.29, 0.717) is 25.0 Å². The maximum atomic E-state index is 14.1. The fraction of sp³-hybridized carbons (Fsp3) is 0.700. The number of halogens is 2. The van der Waals surface area contributed by atoms with Crippen LogP contribution in [0.4, 0.5) is 8.78 Å². The molecule has 0 N–H and O–H groups in total. The Hall–Kier alpha value is -1.32. The minimum Gasteiger partial charge on any atom is -0.490 e. The lowest BCUT2D eigenvalue weighted by Crippen LogP contribution is -2.08. The molecular formula is C20H28F2O2. The van der Waals surface area contributed by atoms with Crippen molar-refractivity contribution < 1.29 is 18.3 Å². The van der Waals surface area contributed by atoms with Crippen LogP contribution in [0, 0.1) is 23.5 Å². The van der Waals surface area contributed by atoms with Gasteiger partial charge in [-0.25, -0.2) is 0 Å². The maximum absolute atomic E-state index is 14.1. The molecule has 0 bridgehead atoms. The van der Waals surface area contributed by atoms with E-state index in [-0.39, 0.29) is 11.5 Å². The zero-order chi connectivity index (χ0) is 16.8. The van der Waals surface area contributed by atoms with E-state index >= 15 is 0 Å². The third-order valence-corrected chi connectivity index (χ3v) is 5.53. The quantitative estimate of drug-likeness (QED) is 0.589. The van der Waals surface area contributed by atoms with Gasteiger partial charge in [0, 0.05) is 0 Å². The molecule has 1 aromatic rings. The van der Waals surface area contributed by atoms with Crippen LogP contribution >= 0.6 is 0 Å². The van der Waals surface area contributed by atoms with E-state index in [1.54, 1.807) is 0 Å². The van der Waals surface area contributed by atoms with Crippen LogP contribution in [-0.2, 0) is 0 Å². The number of ether oxygens (including phenoxy) is 2. The molecular weight excluding hydrogens is 310 g/mol. The van der Waals surface area contributed by atoms with Crippen LogP contribution < -0.4 is 9.47 Å². The molecule has 0 aliphatic heterocycles. The second-order valence-corrected chi connectivity index (χ2v) is 7.27. The monoisotopic (exact) mass is 338 g/mol. The van der Waals surface area contributed by atoms with Gasteiger partial charge in [0.15, 0.2) is 11.5 Å². The summed E-state index contributed by atoms with van der Waals surface area (Å²) in [5.41, 5.74) is 0. The molecule has 0 atom stereocenters. The topological polar surface area (TPSA) is 18.5 Å². The highest BCUT2D eigenvalue weighted by molar-refractivity contribution is 5.35. The third kappa shape index (κ3) is 4.61. The van der Waals surface area contributed by atoms with Gasteiger partial charge < -0.3 is 9.47 Å². The van der Waals surface area contributed by atoms with Crippen molar-refractivity contribution in [2.75, 3.05) is 13.2 Å². The standard InChI is InChI=1S/C20H28F2O2/c21-19-17(23-13-11-15-5-1-2-6-15)9-10-18(20(19)22)24-14-12-16-7-3-4-8-16/h9-10,15-16H,1-8,11-14H2. The van der Waals surface area contributed by atoms with E-state index in [1.165, 1.54) is 63.5 Å². The molecule has 4 heteroatoms. The average Bonchev–Trinajstić information content (AvgIpc) is 3.27. The van der Waals surface area contributed by atoms with Crippen molar-refractivity contribution in [3.8, 4) is 11.5 Å². The van der Waals surface area contributed by atoms with Crippen LogP contribution in [0.2, 0.25) is 0 Å². The van der Waals surface area contributed by atoms with Crippen LogP contribution in [-0.4, -0.2) is 13.2 Å². The van der Waals surface area contributed by atoms with Crippen LogP contribution in [0.25, 0.3) is 0 Å². The lowest BCUT2D eigenvalue weighted by molar-refractivity contribution is 0.248. The molecule has 3 rings (SSSR count). The van der Waals surface area contributed by atoms with Gasteiger partial charge in [0.25, 0.3) is 0 Å². The van der Waals surface area contributed by atoms with E-state index in [2.05, 4.69) is 0 Å². The Balaban J connectivity index is 1.46. The van der Waals surface area contributed by atoms with Crippen LogP contribution in [0.5, 0.6) is 11.5 Å². The summed E-state index contributed by atoms with van der Waals surface area (Å²) >= 11 is 0. The Morgan fingerprint density at radius 2 is 1.08 bits per heavy atom. The molecule has 1 aromatic carbocycles. The Bertz CT molecular complexity index is 474. The minimum atomic E-state index is -0.931. The largest absolute Gasteiger partial charge is 0.490 e. The molecule has 0 unspecified atom stereocenters. The van der Waals surface area contributed by atoms with E-state index in [9.17, 15) is 8.78 Å². The van der Waals surface area contributed by atoms with E-state index in [4.69, 9.17) is 9.47 Å². The summed E-state index contributed by atoms with van der Waals surface area (Å²) in [7, 11) is 0. The summed E-state index contributed by atoms with van der Waals surface area (Å²) in [5, 5.41) is 0. The first-order valence-corrected chi connectivity index (χ1v) is 9.47. The number of hydrogen-bond donors (Lipinski definition) is 0. The second-order valence-electron chi connectivity index (χ2n) is 7.27. The predicted octanol–water partition coefficient (Wildman–Crippen LogP) is 5.88. The van der Waals surface area contributed by atoms with Gasteiger partial charge in [0.1, 0.15) is 0 Å². The van der Waals surface area contributed by atoms with Gasteiger partial charge >= 0.3 is 0 Å². The summed E-state index contributed by atoms with van der Waals surface area (Å²) in [6, 6.07) is 2.97. The molecule has 0 heterocycles. The first kappa shape index (κ1) is 17.5. The number of hydrogen-bond acceptors (Lipinski definition) is 2. The molecule has 24 heavy (non-hydrogen) atoms. The molecule has 2 nitrogen and oxygen atoms in total. The van der Waals surface area contributed by atoms with Crippen molar-refractivity contribution in [1.82, 2.24) is 0 Å². The summed E-state index contributed by atoms with van der Waals surface area (Å²) < 4.78 is 39.1. The first-order valence-electron chi connectivity index (χ1n) is 9.47. The lowest BCUT2D eigenvalue weighted by Gasteiger charge is -2.14. The second kappa shape index (κ2) is 8.68. The summed E-state index contributed by atoms with van der Waals surface area (Å²) in [5.74, 6) is -0.519. The maximum Gasteiger partial charge on any atom is 0.204 e. The van der Waals surface area contributed by atoms with Crippen LogP contribution in [0.1, 0.15) is 64.2 Å². The Kier molecular flexibility index (Phi) is 6.33. The highest BCUT2D eigenvalue weighted by Crippen LogP contribution is 2.31. The fourth-order valence-corrected chi connectivity index (χ4v) is 4.01. The van der Waals surface area contributed by atoms with Gasteiger partial charge in [-0.3, -0.25) is 0 Å². The molecule has 0 radical (unpaired) electrons. The van der Waals surface area contributed by atoms with E-state index < -0.39 is 11.6 Å². The highest BCUT2D eigenvalue weighted by atomic mass is 19.2. The summed E-state index contributed by atoms with van der Waals surface area (Å²) in [4.78, 5) is 0. The summed E-state index contributed by atoms with van der Waals surface area (Å²) in [6.07, 6.45) is 11.9. The Morgan fingerprint density at radius 3 is 1.46 bits per heavy atom. The van der Waals surface area contributed by atoms with Crippen LogP contribution in [0.3, 0.4) is 0 Å². The first-order chi connectivity index (χ1) is 11.7. The molecule has 2 fully saturated rings. The van der Waals surface area contributed by atoms with Gasteiger partial charge in [-0.15, -0.1) is 0 Å². The average molecular weight is 338 g/mol. The van der Waals surface area contributed by atoms with Gasteiger partial charge in [-0.05, 0) is 36.8 Å². The molecule has 2 aliphatic carbocycles. The van der Waals surface area contributed by atoms with Gasteiger partial charge in [-0.1, -0.05) is 51.4 Å². The molecule has 134 valence electrons. The highest BCUT2D eigenvalue weighted by Gasteiger charge is 2.19. The predicted molar refractivity (Wildman–Crippen MR) is 90.5 cm³/mol. The Morgan fingerprint density at radius 1 is 0.708 bits per heavy atom.